The molecular formula is C28H35F3N2O. The van der Waals surface area contributed by atoms with E-state index in [1.54, 1.807) is 6.92 Å². The molecule has 2 aliphatic rings. The Morgan fingerprint density at radius 1 is 1.15 bits per heavy atom. The molecule has 1 aliphatic carbocycles. The lowest BCUT2D eigenvalue weighted by molar-refractivity contribution is -0.138. The summed E-state index contributed by atoms with van der Waals surface area (Å²) in [5.74, 6) is -1.41. The van der Waals surface area contributed by atoms with Gasteiger partial charge in [-0.2, -0.15) is 13.2 Å². The average Bonchev–Trinajstić information content (AvgIpc) is 2.94. The van der Waals surface area contributed by atoms with Crippen molar-refractivity contribution in [3.05, 3.63) is 69.8 Å². The number of rotatable bonds is 8. The fraction of sp³-hybridized carbons (Fsp3) is 0.536. The van der Waals surface area contributed by atoms with Gasteiger partial charge in [0, 0.05) is 17.5 Å². The fourth-order valence-corrected chi connectivity index (χ4v) is 4.13. The van der Waals surface area contributed by atoms with Gasteiger partial charge in [0.15, 0.2) is 0 Å². The summed E-state index contributed by atoms with van der Waals surface area (Å²) >= 11 is 0. The lowest BCUT2D eigenvalue weighted by Gasteiger charge is -2.31. The van der Waals surface area contributed by atoms with Crippen molar-refractivity contribution in [2.75, 3.05) is 13.0 Å². The van der Waals surface area contributed by atoms with E-state index in [4.69, 9.17) is 18.5 Å². The summed E-state index contributed by atoms with van der Waals surface area (Å²) in [7, 11) is 0. The smallest absolute Gasteiger partial charge is 0.391 e. The maximum absolute atomic E-state index is 14.1. The van der Waals surface area contributed by atoms with Gasteiger partial charge < -0.3 is 4.84 Å². The highest BCUT2D eigenvalue weighted by Crippen LogP contribution is 2.41. The second-order valence-electron chi connectivity index (χ2n) is 8.37. The molecule has 3 nitrogen and oxygen atoms in total. The Morgan fingerprint density at radius 3 is 2.62 bits per heavy atom. The minimum atomic E-state index is -4.81. The van der Waals surface area contributed by atoms with Gasteiger partial charge >= 0.3 is 6.18 Å². The Labute approximate surface area is 215 Å². The van der Waals surface area contributed by atoms with Crippen LogP contribution in [0.3, 0.4) is 0 Å². The van der Waals surface area contributed by atoms with Crippen LogP contribution in [0.2, 0.25) is 0 Å². The van der Waals surface area contributed by atoms with E-state index in [-0.39, 0.29) is 36.1 Å². The van der Waals surface area contributed by atoms with Gasteiger partial charge in [0.05, 0.1) is 14.0 Å². The largest absolute Gasteiger partial charge is 0.416 e. The summed E-state index contributed by atoms with van der Waals surface area (Å²) in [5, 5.41) is 3.82. The molecule has 0 bridgehead atoms. The van der Waals surface area contributed by atoms with Crippen molar-refractivity contribution >= 4 is 5.71 Å². The van der Waals surface area contributed by atoms with Gasteiger partial charge in [-0.3, -0.25) is 4.90 Å². The van der Waals surface area contributed by atoms with E-state index >= 15 is 0 Å². The zero-order chi connectivity index (χ0) is 33.1. The normalized spacial score (nSPS) is 27.7. The molecule has 1 saturated carbocycles. The number of aryl methyl sites for hydroxylation is 1. The molecule has 0 aromatic heterocycles. The van der Waals surface area contributed by atoms with Crippen molar-refractivity contribution in [3.8, 4) is 0 Å². The maximum atomic E-state index is 14.1. The minimum Gasteiger partial charge on any atom is -0.391 e. The monoisotopic (exact) mass is 482 g/mol. The van der Waals surface area contributed by atoms with Gasteiger partial charge in [-0.05, 0) is 91.4 Å². The van der Waals surface area contributed by atoms with Crippen LogP contribution in [-0.4, -0.2) is 23.6 Å². The lowest BCUT2D eigenvalue weighted by Crippen LogP contribution is -2.36. The Kier molecular flexibility index (Phi) is 4.80. The van der Waals surface area contributed by atoms with Gasteiger partial charge in [-0.1, -0.05) is 55.6 Å². The third kappa shape index (κ3) is 6.01. The van der Waals surface area contributed by atoms with Crippen LogP contribution in [-0.2, 0) is 30.5 Å². The molecular weight excluding hydrogens is 437 g/mol. The second kappa shape index (κ2) is 10.9. The molecule has 4 rings (SSSR count). The van der Waals surface area contributed by atoms with E-state index in [1.165, 1.54) is 31.2 Å². The zero-order valence-electron chi connectivity index (χ0n) is 29.2. The van der Waals surface area contributed by atoms with Crippen LogP contribution in [0.4, 0.5) is 13.2 Å². The molecule has 6 heteroatoms. The second-order valence-corrected chi connectivity index (χ2v) is 8.37. The van der Waals surface area contributed by atoms with Crippen LogP contribution in [0, 0.1) is 0 Å². The fourth-order valence-electron chi connectivity index (χ4n) is 4.13. The van der Waals surface area contributed by atoms with E-state index < -0.39 is 55.6 Å². The summed E-state index contributed by atoms with van der Waals surface area (Å²) in [6, 6.07) is 7.28. The number of benzene rings is 2. The van der Waals surface area contributed by atoms with E-state index in [2.05, 4.69) is 5.16 Å². The third-order valence-corrected chi connectivity index (χ3v) is 6.03. The molecule has 34 heavy (non-hydrogen) atoms. The SMILES string of the molecule is [2H]C1C([2H])([2H])N(C([2H])([2H])c2ccc(/C(C)=N/OC([2H])([2H])c3ccc(C4([2H])CCCCC4)c(C(F)(F)F)c3)cc2CC)C1([2H])[2H]. The van der Waals surface area contributed by atoms with Gasteiger partial charge in [0.2, 0.25) is 0 Å². The Balaban J connectivity index is 1.61. The molecule has 0 N–H and O–H groups in total. The molecule has 0 atom stereocenters. The number of hydrogen-bond donors (Lipinski definition) is 0. The van der Waals surface area contributed by atoms with Crippen LogP contribution in [0.5, 0.6) is 0 Å². The van der Waals surface area contributed by atoms with Gasteiger partial charge in [-0.15, -0.1) is 0 Å². The highest BCUT2D eigenvalue weighted by atomic mass is 19.4. The predicted molar refractivity (Wildman–Crippen MR) is 130 cm³/mol. The van der Waals surface area contributed by atoms with Crippen molar-refractivity contribution in [3.63, 3.8) is 0 Å². The number of halogens is 3. The van der Waals surface area contributed by atoms with Crippen molar-refractivity contribution in [1.82, 2.24) is 4.90 Å². The molecule has 184 valence electrons. The summed E-state index contributed by atoms with van der Waals surface area (Å²) in [5.41, 5.74) is -0.840. The van der Waals surface area contributed by atoms with Crippen molar-refractivity contribution < 1.29 is 31.7 Å². The first kappa shape index (κ1) is 14.9. The number of likely N-dealkylation sites (tertiary alicyclic amines) is 1. The molecule has 2 fully saturated rings. The van der Waals surface area contributed by atoms with E-state index in [9.17, 15) is 13.2 Å². The van der Waals surface area contributed by atoms with Crippen LogP contribution >= 0.6 is 0 Å². The molecule has 1 heterocycles. The van der Waals surface area contributed by atoms with Crippen LogP contribution in [0.15, 0.2) is 41.6 Å². The quantitative estimate of drug-likeness (QED) is 0.288. The average molecular weight is 483 g/mol. The molecule has 1 aliphatic heterocycles. The van der Waals surface area contributed by atoms with Crippen LogP contribution in [0.25, 0.3) is 0 Å². The number of oxime groups is 1. The van der Waals surface area contributed by atoms with E-state index in [1.807, 2.05) is 0 Å². The third-order valence-electron chi connectivity index (χ3n) is 6.03. The van der Waals surface area contributed by atoms with Gasteiger partial charge in [0.25, 0.3) is 0 Å². The molecule has 2 aromatic carbocycles. The Hall–Kier alpha value is -2.34. The lowest BCUT2D eigenvalue weighted by atomic mass is 9.81. The Bertz CT molecular complexity index is 1410. The minimum absolute atomic E-state index is 0.0163. The standard InChI is InChI=1S/C28H35F3N2O/c1-3-22-17-24(11-12-25(22)18-33-14-7-15-33)20(2)32-34-19-21-10-13-26(23-8-5-4-6-9-23)27(16-21)28(29,30)31/h10-13,16-17,23H,3-9,14-15,18-19H2,1-2H3/b32-20+/i7D,14D2,15D2,18D2,19D2,23D. The summed E-state index contributed by atoms with van der Waals surface area (Å²) in [6.07, 6.45) is -3.67. The highest BCUT2D eigenvalue weighted by molar-refractivity contribution is 5.98. The van der Waals surface area contributed by atoms with Crippen LogP contribution < -0.4 is 0 Å². The van der Waals surface area contributed by atoms with E-state index in [0.29, 0.717) is 34.9 Å². The van der Waals surface area contributed by atoms with Crippen molar-refractivity contribution in [1.29, 1.82) is 0 Å². The van der Waals surface area contributed by atoms with Gasteiger partial charge in [0.1, 0.15) is 6.56 Å². The first-order valence-corrected chi connectivity index (χ1v) is 11.4. The first-order chi connectivity index (χ1) is 20.1. The zero-order valence-corrected chi connectivity index (χ0v) is 19.2. The first-order valence-electron chi connectivity index (χ1n) is 16.5. The summed E-state index contributed by atoms with van der Waals surface area (Å²) in [6.45, 7) is -7.33. The number of nitrogens with zero attached hydrogens (tertiary/aromatic N) is 2. The number of alkyl halides is 3. The summed E-state index contributed by atoms with van der Waals surface area (Å²) < 4.78 is 125. The van der Waals surface area contributed by atoms with E-state index in [0.717, 1.165) is 12.5 Å². The molecule has 1 saturated heterocycles. The molecule has 2 aromatic rings. The number of hydrogen-bond acceptors (Lipinski definition) is 3. The van der Waals surface area contributed by atoms with Gasteiger partial charge in [-0.25, -0.2) is 0 Å². The molecule has 0 amide bonds. The molecule has 0 unspecified atom stereocenters. The highest BCUT2D eigenvalue weighted by Gasteiger charge is 2.35. The summed E-state index contributed by atoms with van der Waals surface area (Å²) in [4.78, 5) is 5.51. The van der Waals surface area contributed by atoms with Crippen LogP contribution in [0.1, 0.15) is 105 Å². The predicted octanol–water partition coefficient (Wildman–Crippen LogP) is 7.46. The topological polar surface area (TPSA) is 24.8 Å². The van der Waals surface area contributed by atoms with Crippen molar-refractivity contribution in [2.24, 2.45) is 5.16 Å². The molecule has 0 spiro atoms. The van der Waals surface area contributed by atoms with Crippen molar-refractivity contribution in [2.45, 2.75) is 83.9 Å². The Morgan fingerprint density at radius 2 is 1.91 bits per heavy atom. The maximum Gasteiger partial charge on any atom is 0.416 e. The molecule has 0 radical (unpaired) electrons.